The van der Waals surface area contributed by atoms with E-state index in [1.54, 1.807) is 29.2 Å². The molecule has 0 bridgehead atoms. The van der Waals surface area contributed by atoms with Gasteiger partial charge in [-0.05, 0) is 36.6 Å². The largest absolute Gasteiger partial charge is 0.391 e. The molecule has 0 aromatic heterocycles. The monoisotopic (exact) mass is 312 g/mol. The molecule has 2 rings (SSSR count). The molecule has 0 saturated carbocycles. The molecule has 2 unspecified atom stereocenters. The fourth-order valence-electron chi connectivity index (χ4n) is 2.31. The third kappa shape index (κ3) is 4.18. The van der Waals surface area contributed by atoms with Crippen LogP contribution in [0.3, 0.4) is 0 Å². The van der Waals surface area contributed by atoms with Gasteiger partial charge in [0, 0.05) is 24.3 Å². The number of sulfonamides is 1. The van der Waals surface area contributed by atoms with E-state index in [1.165, 1.54) is 0 Å². The predicted octanol–water partition coefficient (Wildman–Crippen LogP) is 0.901. The van der Waals surface area contributed by atoms with Crippen molar-refractivity contribution in [3.8, 4) is 0 Å². The molecule has 1 aromatic carbocycles. The van der Waals surface area contributed by atoms with Crippen LogP contribution in [0.4, 0.5) is 5.69 Å². The van der Waals surface area contributed by atoms with Crippen molar-refractivity contribution in [1.82, 2.24) is 4.90 Å². The summed E-state index contributed by atoms with van der Waals surface area (Å²) in [5, 5.41) is 9.85. The Bertz CT molecular complexity index is 612. The van der Waals surface area contributed by atoms with Gasteiger partial charge in [-0.1, -0.05) is 6.92 Å². The first kappa shape index (κ1) is 15.8. The molecule has 0 spiro atoms. The van der Waals surface area contributed by atoms with Crippen molar-refractivity contribution in [2.45, 2.75) is 19.4 Å². The number of aliphatic hydroxyl groups excluding tert-OH is 1. The Kier molecular flexibility index (Phi) is 4.53. The number of nitrogens with one attached hydrogen (secondary N) is 1. The molecule has 1 fully saturated rings. The van der Waals surface area contributed by atoms with E-state index in [9.17, 15) is 18.3 Å². The van der Waals surface area contributed by atoms with E-state index in [0.29, 0.717) is 24.3 Å². The van der Waals surface area contributed by atoms with Gasteiger partial charge < -0.3 is 10.0 Å². The van der Waals surface area contributed by atoms with Crippen molar-refractivity contribution in [3.05, 3.63) is 29.8 Å². The lowest BCUT2D eigenvalue weighted by Crippen LogP contribution is -2.45. The molecule has 2 atom stereocenters. The topological polar surface area (TPSA) is 86.7 Å². The third-order valence-corrected chi connectivity index (χ3v) is 4.25. The molecule has 1 aromatic rings. The zero-order valence-electron chi connectivity index (χ0n) is 12.1. The standard InChI is InChI=1S/C14H20N2O4S/c1-10-7-8-16(9-13(10)17)14(18)11-3-5-12(6-4-11)15-21(2,19)20/h3-6,10,13,15,17H,7-9H2,1-2H3. The number of β-amino-alcohol motifs (C(OH)–C–C–N with tert-alkyl or cyclic N) is 1. The van der Waals surface area contributed by atoms with Crippen molar-refractivity contribution >= 4 is 21.6 Å². The molecule has 0 radical (unpaired) electrons. The molecule has 6 nitrogen and oxygen atoms in total. The summed E-state index contributed by atoms with van der Waals surface area (Å²) in [6, 6.07) is 6.27. The number of carbonyl (C=O) groups is 1. The number of hydrogen-bond acceptors (Lipinski definition) is 4. The van der Waals surface area contributed by atoms with Crippen LogP contribution in [-0.4, -0.2) is 49.8 Å². The van der Waals surface area contributed by atoms with Gasteiger partial charge in [-0.3, -0.25) is 9.52 Å². The summed E-state index contributed by atoms with van der Waals surface area (Å²) in [5.74, 6) is 0.0576. The maximum absolute atomic E-state index is 12.3. The molecule has 1 heterocycles. The number of aliphatic hydroxyl groups is 1. The van der Waals surface area contributed by atoms with E-state index in [2.05, 4.69) is 4.72 Å². The van der Waals surface area contributed by atoms with Gasteiger partial charge in [0.15, 0.2) is 0 Å². The SMILES string of the molecule is CC1CCN(C(=O)c2ccc(NS(C)(=O)=O)cc2)CC1O. The third-order valence-electron chi connectivity index (χ3n) is 3.64. The fraction of sp³-hybridized carbons (Fsp3) is 0.500. The minimum Gasteiger partial charge on any atom is -0.391 e. The molecule has 0 aliphatic carbocycles. The van der Waals surface area contributed by atoms with E-state index in [1.807, 2.05) is 6.92 Å². The average molecular weight is 312 g/mol. The molecule has 1 aliphatic rings. The van der Waals surface area contributed by atoms with Crippen LogP contribution in [0.25, 0.3) is 0 Å². The Morgan fingerprint density at radius 1 is 1.33 bits per heavy atom. The first-order valence-electron chi connectivity index (χ1n) is 6.81. The second-order valence-electron chi connectivity index (χ2n) is 5.54. The number of nitrogens with zero attached hydrogens (tertiary/aromatic N) is 1. The van der Waals surface area contributed by atoms with Crippen LogP contribution < -0.4 is 4.72 Å². The normalized spacial score (nSPS) is 22.9. The lowest BCUT2D eigenvalue weighted by molar-refractivity contribution is 0.0248. The molecular weight excluding hydrogens is 292 g/mol. The highest BCUT2D eigenvalue weighted by atomic mass is 32.2. The minimum absolute atomic E-state index is 0.146. The summed E-state index contributed by atoms with van der Waals surface area (Å²) >= 11 is 0. The maximum Gasteiger partial charge on any atom is 0.253 e. The molecule has 7 heteroatoms. The van der Waals surface area contributed by atoms with Crippen LogP contribution in [0.5, 0.6) is 0 Å². The molecule has 116 valence electrons. The Morgan fingerprint density at radius 2 is 1.95 bits per heavy atom. The first-order valence-corrected chi connectivity index (χ1v) is 8.70. The zero-order valence-corrected chi connectivity index (χ0v) is 12.9. The summed E-state index contributed by atoms with van der Waals surface area (Å²) in [4.78, 5) is 14.0. The summed E-state index contributed by atoms with van der Waals surface area (Å²) in [6.07, 6.45) is 1.36. The summed E-state index contributed by atoms with van der Waals surface area (Å²) in [6.45, 7) is 2.93. The highest BCUT2D eigenvalue weighted by Crippen LogP contribution is 2.20. The van der Waals surface area contributed by atoms with Gasteiger partial charge in [0.2, 0.25) is 10.0 Å². The quantitative estimate of drug-likeness (QED) is 0.868. The summed E-state index contributed by atoms with van der Waals surface area (Å²) in [5.41, 5.74) is 0.900. The highest BCUT2D eigenvalue weighted by Gasteiger charge is 2.27. The van der Waals surface area contributed by atoms with E-state index in [-0.39, 0.29) is 11.8 Å². The maximum atomic E-state index is 12.3. The van der Waals surface area contributed by atoms with Crippen molar-refractivity contribution in [3.63, 3.8) is 0 Å². The van der Waals surface area contributed by atoms with Crippen LogP contribution in [0, 0.1) is 5.92 Å². The zero-order chi connectivity index (χ0) is 15.6. The van der Waals surface area contributed by atoms with E-state index in [0.717, 1.165) is 12.7 Å². The van der Waals surface area contributed by atoms with Crippen molar-refractivity contribution in [2.75, 3.05) is 24.1 Å². The van der Waals surface area contributed by atoms with E-state index < -0.39 is 16.1 Å². The Balaban J connectivity index is 2.06. The number of amides is 1. The summed E-state index contributed by atoms with van der Waals surface area (Å²) in [7, 11) is -3.32. The average Bonchev–Trinajstić information content (AvgIpc) is 2.40. The van der Waals surface area contributed by atoms with Gasteiger partial charge in [0.25, 0.3) is 5.91 Å². The highest BCUT2D eigenvalue weighted by molar-refractivity contribution is 7.92. The second kappa shape index (κ2) is 6.03. The molecule has 1 amide bonds. The number of rotatable bonds is 3. The fourth-order valence-corrected chi connectivity index (χ4v) is 2.88. The van der Waals surface area contributed by atoms with Gasteiger partial charge in [0.1, 0.15) is 0 Å². The van der Waals surface area contributed by atoms with Gasteiger partial charge in [-0.2, -0.15) is 0 Å². The molecule has 1 aliphatic heterocycles. The number of hydrogen-bond donors (Lipinski definition) is 2. The lowest BCUT2D eigenvalue weighted by atomic mass is 9.95. The van der Waals surface area contributed by atoms with Crippen molar-refractivity contribution < 1.29 is 18.3 Å². The lowest BCUT2D eigenvalue weighted by Gasteiger charge is -2.34. The molecule has 1 saturated heterocycles. The Labute approximate surface area is 124 Å². The van der Waals surface area contributed by atoms with Crippen LogP contribution in [0.2, 0.25) is 0 Å². The smallest absolute Gasteiger partial charge is 0.253 e. The second-order valence-corrected chi connectivity index (χ2v) is 7.28. The number of likely N-dealkylation sites (tertiary alicyclic amines) is 1. The number of piperidine rings is 1. The van der Waals surface area contributed by atoms with Crippen LogP contribution in [-0.2, 0) is 10.0 Å². The van der Waals surface area contributed by atoms with Crippen molar-refractivity contribution in [2.24, 2.45) is 5.92 Å². The molecule has 2 N–H and O–H groups in total. The predicted molar refractivity (Wildman–Crippen MR) is 80.6 cm³/mol. The van der Waals surface area contributed by atoms with Gasteiger partial charge in [-0.15, -0.1) is 0 Å². The minimum atomic E-state index is -3.32. The molecular formula is C14H20N2O4S. The molecule has 21 heavy (non-hydrogen) atoms. The van der Waals surface area contributed by atoms with Crippen LogP contribution in [0.1, 0.15) is 23.7 Å². The van der Waals surface area contributed by atoms with Gasteiger partial charge >= 0.3 is 0 Å². The van der Waals surface area contributed by atoms with Crippen molar-refractivity contribution in [1.29, 1.82) is 0 Å². The number of carbonyl (C=O) groups excluding carboxylic acids is 1. The number of anilines is 1. The van der Waals surface area contributed by atoms with Crippen LogP contribution in [0.15, 0.2) is 24.3 Å². The van der Waals surface area contributed by atoms with E-state index >= 15 is 0 Å². The van der Waals surface area contributed by atoms with E-state index in [4.69, 9.17) is 0 Å². The van der Waals surface area contributed by atoms with Gasteiger partial charge in [-0.25, -0.2) is 8.42 Å². The Morgan fingerprint density at radius 3 is 2.48 bits per heavy atom. The summed E-state index contributed by atoms with van der Waals surface area (Å²) < 4.78 is 24.6. The first-order chi connectivity index (χ1) is 9.76. The van der Waals surface area contributed by atoms with Crippen LogP contribution >= 0.6 is 0 Å². The number of benzene rings is 1. The van der Waals surface area contributed by atoms with Gasteiger partial charge in [0.05, 0.1) is 12.4 Å². The Hall–Kier alpha value is -1.60.